The monoisotopic (exact) mass is 240 g/mol. The van der Waals surface area contributed by atoms with E-state index in [1.807, 2.05) is 6.92 Å². The van der Waals surface area contributed by atoms with Crippen LogP contribution in [0, 0.1) is 12.8 Å². The zero-order valence-electron chi connectivity index (χ0n) is 7.88. The quantitative estimate of drug-likeness (QED) is 0.743. The number of benzene rings is 1. The second kappa shape index (κ2) is 4.56. The molecule has 1 unspecified atom stereocenters. The molecule has 70 valence electrons. The molecule has 0 saturated carbocycles. The maximum absolute atomic E-state index is 10.4. The Balaban J connectivity index is 2.79. The van der Waals surface area contributed by atoms with Crippen LogP contribution in [0.15, 0.2) is 22.7 Å². The highest BCUT2D eigenvalue weighted by Gasteiger charge is 2.02. The molecule has 1 nitrogen and oxygen atoms in total. The summed E-state index contributed by atoms with van der Waals surface area (Å²) < 4.78 is 1.11. The van der Waals surface area contributed by atoms with E-state index in [2.05, 4.69) is 41.1 Å². The fourth-order valence-electron chi connectivity index (χ4n) is 1.18. The number of aldehydes is 1. The lowest BCUT2D eigenvalue weighted by molar-refractivity contribution is -0.110. The van der Waals surface area contributed by atoms with Crippen LogP contribution in [0.2, 0.25) is 0 Å². The molecule has 2 heteroatoms. The summed E-state index contributed by atoms with van der Waals surface area (Å²) in [6, 6.07) is 6.21. The number of rotatable bonds is 3. The average molecular weight is 241 g/mol. The molecule has 0 spiro atoms. The Hall–Kier alpha value is -0.630. The molecule has 13 heavy (non-hydrogen) atoms. The van der Waals surface area contributed by atoms with Crippen LogP contribution in [0.1, 0.15) is 18.1 Å². The van der Waals surface area contributed by atoms with Crippen LogP contribution in [0.3, 0.4) is 0 Å². The van der Waals surface area contributed by atoms with Crippen molar-refractivity contribution in [3.05, 3.63) is 33.8 Å². The summed E-state index contributed by atoms with van der Waals surface area (Å²) >= 11 is 3.47. The lowest BCUT2D eigenvalue weighted by Gasteiger charge is -2.05. The maximum Gasteiger partial charge on any atom is 0.123 e. The number of halogens is 1. The van der Waals surface area contributed by atoms with E-state index in [0.29, 0.717) is 0 Å². The Morgan fingerprint density at radius 1 is 1.54 bits per heavy atom. The van der Waals surface area contributed by atoms with Crippen LogP contribution in [-0.2, 0) is 11.2 Å². The summed E-state index contributed by atoms with van der Waals surface area (Å²) in [6.07, 6.45) is 1.82. The molecule has 0 aliphatic heterocycles. The van der Waals surface area contributed by atoms with Crippen molar-refractivity contribution in [3.63, 3.8) is 0 Å². The van der Waals surface area contributed by atoms with Crippen LogP contribution in [0.4, 0.5) is 0 Å². The molecule has 0 aromatic heterocycles. The van der Waals surface area contributed by atoms with E-state index < -0.39 is 0 Å². The summed E-state index contributed by atoms with van der Waals surface area (Å²) in [4.78, 5) is 10.4. The van der Waals surface area contributed by atoms with Crippen molar-refractivity contribution in [1.82, 2.24) is 0 Å². The first kappa shape index (κ1) is 10.5. The number of carbonyl (C=O) groups excluding carboxylic acids is 1. The highest BCUT2D eigenvalue weighted by Crippen LogP contribution is 2.18. The third-order valence-corrected chi connectivity index (χ3v) is 2.88. The molecule has 1 atom stereocenters. The Labute approximate surface area is 87.3 Å². The molecule has 0 aliphatic carbocycles. The average Bonchev–Trinajstić information content (AvgIpc) is 2.11. The van der Waals surface area contributed by atoms with E-state index in [1.165, 1.54) is 11.1 Å². The number of hydrogen-bond acceptors (Lipinski definition) is 1. The van der Waals surface area contributed by atoms with E-state index in [-0.39, 0.29) is 5.92 Å². The van der Waals surface area contributed by atoms with Gasteiger partial charge in [0.15, 0.2) is 0 Å². The van der Waals surface area contributed by atoms with Crippen molar-refractivity contribution in [3.8, 4) is 0 Å². The number of hydrogen-bond donors (Lipinski definition) is 0. The minimum absolute atomic E-state index is 0.106. The Bertz CT molecular complexity index is 307. The van der Waals surface area contributed by atoms with E-state index >= 15 is 0 Å². The second-order valence-electron chi connectivity index (χ2n) is 3.40. The van der Waals surface area contributed by atoms with Crippen LogP contribution >= 0.6 is 15.9 Å². The molecule has 0 amide bonds. The molecular weight excluding hydrogens is 228 g/mol. The fraction of sp³-hybridized carbons (Fsp3) is 0.364. The van der Waals surface area contributed by atoms with Gasteiger partial charge in [0, 0.05) is 10.4 Å². The minimum atomic E-state index is 0.106. The predicted octanol–water partition coefficient (Wildman–Crippen LogP) is 3.14. The van der Waals surface area contributed by atoms with Gasteiger partial charge in [-0.15, -0.1) is 0 Å². The first-order chi connectivity index (χ1) is 6.13. The van der Waals surface area contributed by atoms with Gasteiger partial charge >= 0.3 is 0 Å². The van der Waals surface area contributed by atoms with Gasteiger partial charge < -0.3 is 4.79 Å². The summed E-state index contributed by atoms with van der Waals surface area (Å²) in [5.74, 6) is 0.106. The molecule has 0 N–H and O–H groups in total. The molecule has 1 aromatic rings. The van der Waals surface area contributed by atoms with Gasteiger partial charge in [-0.25, -0.2) is 0 Å². The topological polar surface area (TPSA) is 17.1 Å². The van der Waals surface area contributed by atoms with Crippen LogP contribution in [0.5, 0.6) is 0 Å². The summed E-state index contributed by atoms with van der Waals surface area (Å²) in [5, 5.41) is 0. The van der Waals surface area contributed by atoms with Crippen molar-refractivity contribution in [1.29, 1.82) is 0 Å². The zero-order chi connectivity index (χ0) is 9.84. The standard InChI is InChI=1S/C11H13BrO/c1-8(7-13)5-10-4-3-9(2)11(12)6-10/h3-4,6-8H,5H2,1-2H3. The van der Waals surface area contributed by atoms with Gasteiger partial charge in [0.25, 0.3) is 0 Å². The second-order valence-corrected chi connectivity index (χ2v) is 4.26. The molecule has 0 bridgehead atoms. The van der Waals surface area contributed by atoms with Crippen molar-refractivity contribution >= 4 is 22.2 Å². The van der Waals surface area contributed by atoms with Gasteiger partial charge in [0.2, 0.25) is 0 Å². The fourth-order valence-corrected chi connectivity index (χ4v) is 1.61. The lowest BCUT2D eigenvalue weighted by Crippen LogP contribution is -2.00. The Morgan fingerprint density at radius 2 is 2.23 bits per heavy atom. The molecule has 0 saturated heterocycles. The van der Waals surface area contributed by atoms with E-state index in [4.69, 9.17) is 0 Å². The van der Waals surface area contributed by atoms with E-state index in [1.54, 1.807) is 0 Å². The molecule has 1 rings (SSSR count). The van der Waals surface area contributed by atoms with Crippen molar-refractivity contribution in [2.45, 2.75) is 20.3 Å². The van der Waals surface area contributed by atoms with Crippen molar-refractivity contribution in [2.24, 2.45) is 5.92 Å². The summed E-state index contributed by atoms with van der Waals surface area (Å²) in [5.41, 5.74) is 2.43. The lowest BCUT2D eigenvalue weighted by atomic mass is 10.0. The van der Waals surface area contributed by atoms with Crippen molar-refractivity contribution in [2.75, 3.05) is 0 Å². The first-order valence-corrected chi connectivity index (χ1v) is 5.13. The largest absolute Gasteiger partial charge is 0.303 e. The Kier molecular flexibility index (Phi) is 3.67. The highest BCUT2D eigenvalue weighted by molar-refractivity contribution is 9.10. The van der Waals surface area contributed by atoms with E-state index in [9.17, 15) is 4.79 Å². The zero-order valence-corrected chi connectivity index (χ0v) is 9.47. The van der Waals surface area contributed by atoms with Crippen LogP contribution < -0.4 is 0 Å². The van der Waals surface area contributed by atoms with Crippen molar-refractivity contribution < 1.29 is 4.79 Å². The molecule has 0 fully saturated rings. The smallest absolute Gasteiger partial charge is 0.123 e. The Morgan fingerprint density at radius 3 is 2.77 bits per heavy atom. The van der Waals surface area contributed by atoms with Gasteiger partial charge in [-0.2, -0.15) is 0 Å². The molecule has 0 radical (unpaired) electrons. The normalized spacial score (nSPS) is 12.5. The van der Waals surface area contributed by atoms with Gasteiger partial charge in [0.05, 0.1) is 0 Å². The molecule has 0 aliphatic rings. The number of carbonyl (C=O) groups is 1. The van der Waals surface area contributed by atoms with Crippen LogP contribution in [0.25, 0.3) is 0 Å². The first-order valence-electron chi connectivity index (χ1n) is 4.34. The minimum Gasteiger partial charge on any atom is -0.303 e. The predicted molar refractivity (Wildman–Crippen MR) is 57.8 cm³/mol. The third kappa shape index (κ3) is 2.96. The molecule has 0 heterocycles. The van der Waals surface area contributed by atoms with E-state index in [0.717, 1.165) is 17.2 Å². The summed E-state index contributed by atoms with van der Waals surface area (Å²) in [6.45, 7) is 3.98. The van der Waals surface area contributed by atoms with Gasteiger partial charge in [-0.1, -0.05) is 35.0 Å². The third-order valence-electron chi connectivity index (χ3n) is 2.03. The number of aryl methyl sites for hydroxylation is 1. The van der Waals surface area contributed by atoms with Gasteiger partial charge in [0.1, 0.15) is 6.29 Å². The SMILES string of the molecule is Cc1ccc(CC(C)C=O)cc1Br. The summed E-state index contributed by atoms with van der Waals surface area (Å²) in [7, 11) is 0. The molecular formula is C11H13BrO. The van der Waals surface area contributed by atoms with Gasteiger partial charge in [-0.3, -0.25) is 0 Å². The van der Waals surface area contributed by atoms with Crippen LogP contribution in [-0.4, -0.2) is 6.29 Å². The highest BCUT2D eigenvalue weighted by atomic mass is 79.9. The maximum atomic E-state index is 10.4. The molecule has 1 aromatic carbocycles. The van der Waals surface area contributed by atoms with Gasteiger partial charge in [-0.05, 0) is 30.5 Å².